The normalized spacial score (nSPS) is 12.2. The maximum absolute atomic E-state index is 6.19. The summed E-state index contributed by atoms with van der Waals surface area (Å²) in [6, 6.07) is 10.1. The lowest BCUT2D eigenvalue weighted by molar-refractivity contribution is 0.676. The Morgan fingerprint density at radius 2 is 1.85 bits per heavy atom. The van der Waals surface area contributed by atoms with E-state index in [9.17, 15) is 0 Å². The molecule has 4 heteroatoms. The minimum absolute atomic E-state index is 0.206. The van der Waals surface area contributed by atoms with E-state index in [1.165, 1.54) is 5.56 Å². The molecule has 106 valence electrons. The molecule has 1 heterocycles. The van der Waals surface area contributed by atoms with Gasteiger partial charge in [0, 0.05) is 11.2 Å². The first-order chi connectivity index (χ1) is 9.61. The lowest BCUT2D eigenvalue weighted by atomic mass is 10.0. The second-order valence-electron chi connectivity index (χ2n) is 4.83. The monoisotopic (exact) mass is 308 g/mol. The van der Waals surface area contributed by atoms with Crippen LogP contribution in [0.25, 0.3) is 0 Å². The van der Waals surface area contributed by atoms with Crippen LogP contribution < -0.4 is 5.32 Å². The average Bonchev–Trinajstić information content (AvgIpc) is 2.43. The predicted octanol–water partition coefficient (Wildman–Crippen LogP) is 5.65. The van der Waals surface area contributed by atoms with Crippen LogP contribution in [0.5, 0.6) is 0 Å². The molecule has 2 aromatic rings. The minimum Gasteiger partial charge on any atom is -0.376 e. The molecule has 2 rings (SSSR count). The molecule has 20 heavy (non-hydrogen) atoms. The van der Waals surface area contributed by atoms with Crippen molar-refractivity contribution in [3.63, 3.8) is 0 Å². The van der Waals surface area contributed by atoms with Gasteiger partial charge in [-0.05, 0) is 42.7 Å². The van der Waals surface area contributed by atoms with Gasteiger partial charge < -0.3 is 5.32 Å². The number of benzene rings is 1. The molecule has 0 radical (unpaired) electrons. The van der Waals surface area contributed by atoms with Crippen molar-refractivity contribution >= 4 is 28.9 Å². The molecule has 0 bridgehead atoms. The third kappa shape index (κ3) is 3.65. The number of aromatic nitrogens is 1. The molecule has 1 aromatic heterocycles. The summed E-state index contributed by atoms with van der Waals surface area (Å²) in [5.41, 5.74) is 3.21. The average molecular weight is 309 g/mol. The summed E-state index contributed by atoms with van der Waals surface area (Å²) in [7, 11) is 0. The SMILES string of the molecule is CCCC(Nc1c(C)ccnc1Cl)c1ccc(Cl)cc1. The van der Waals surface area contributed by atoms with E-state index in [4.69, 9.17) is 23.2 Å². The molecular formula is C16H18Cl2N2. The third-order valence-corrected chi connectivity index (χ3v) is 3.82. The molecule has 1 atom stereocenters. The summed E-state index contributed by atoms with van der Waals surface area (Å²) in [4.78, 5) is 4.14. The molecule has 1 N–H and O–H groups in total. The first-order valence-electron chi connectivity index (χ1n) is 6.75. The number of halogens is 2. The van der Waals surface area contributed by atoms with Crippen LogP contribution >= 0.6 is 23.2 Å². The van der Waals surface area contributed by atoms with Crippen molar-refractivity contribution in [2.24, 2.45) is 0 Å². The zero-order valence-corrected chi connectivity index (χ0v) is 13.2. The van der Waals surface area contributed by atoms with E-state index in [-0.39, 0.29) is 6.04 Å². The van der Waals surface area contributed by atoms with Gasteiger partial charge in [0.2, 0.25) is 0 Å². The van der Waals surface area contributed by atoms with Gasteiger partial charge >= 0.3 is 0 Å². The van der Waals surface area contributed by atoms with Gasteiger partial charge in [-0.3, -0.25) is 0 Å². The van der Waals surface area contributed by atoms with E-state index in [1.54, 1.807) is 6.20 Å². The Morgan fingerprint density at radius 3 is 2.45 bits per heavy atom. The molecule has 0 aliphatic heterocycles. The number of nitrogens with zero attached hydrogens (tertiary/aromatic N) is 1. The number of hydrogen-bond acceptors (Lipinski definition) is 2. The number of aryl methyl sites for hydroxylation is 1. The second kappa shape index (κ2) is 6.96. The Hall–Kier alpha value is -1.25. The Morgan fingerprint density at radius 1 is 1.15 bits per heavy atom. The summed E-state index contributed by atoms with van der Waals surface area (Å²) in [6.07, 6.45) is 3.82. The lowest BCUT2D eigenvalue weighted by Crippen LogP contribution is -2.12. The number of anilines is 1. The zero-order valence-electron chi connectivity index (χ0n) is 11.7. The fourth-order valence-corrected chi connectivity index (χ4v) is 2.56. The lowest BCUT2D eigenvalue weighted by Gasteiger charge is -2.21. The molecule has 0 fully saturated rings. The Balaban J connectivity index is 2.28. The Bertz CT molecular complexity index is 547. The van der Waals surface area contributed by atoms with Crippen molar-refractivity contribution in [1.82, 2.24) is 4.98 Å². The van der Waals surface area contributed by atoms with Crippen molar-refractivity contribution in [3.05, 3.63) is 57.8 Å². The molecule has 0 amide bonds. The van der Waals surface area contributed by atoms with Crippen molar-refractivity contribution in [2.45, 2.75) is 32.7 Å². The summed E-state index contributed by atoms with van der Waals surface area (Å²) in [6.45, 7) is 4.20. The molecule has 0 saturated heterocycles. The molecule has 0 aliphatic rings. The molecule has 0 aliphatic carbocycles. The van der Waals surface area contributed by atoms with Crippen molar-refractivity contribution in [2.75, 3.05) is 5.32 Å². The first-order valence-corrected chi connectivity index (χ1v) is 7.50. The third-order valence-electron chi connectivity index (χ3n) is 3.28. The van der Waals surface area contributed by atoms with Gasteiger partial charge in [-0.15, -0.1) is 0 Å². The van der Waals surface area contributed by atoms with E-state index in [1.807, 2.05) is 25.1 Å². The van der Waals surface area contributed by atoms with Gasteiger partial charge in [-0.2, -0.15) is 0 Å². The van der Waals surface area contributed by atoms with Gasteiger partial charge in [0.15, 0.2) is 5.15 Å². The van der Waals surface area contributed by atoms with E-state index in [0.717, 1.165) is 29.1 Å². The van der Waals surface area contributed by atoms with Crippen molar-refractivity contribution < 1.29 is 0 Å². The van der Waals surface area contributed by atoms with E-state index < -0.39 is 0 Å². The van der Waals surface area contributed by atoms with Crippen molar-refractivity contribution in [1.29, 1.82) is 0 Å². The number of rotatable bonds is 5. The topological polar surface area (TPSA) is 24.9 Å². The van der Waals surface area contributed by atoms with Crippen LogP contribution in [0.4, 0.5) is 5.69 Å². The van der Waals surface area contributed by atoms with Crippen LogP contribution in [-0.4, -0.2) is 4.98 Å². The van der Waals surface area contributed by atoms with Gasteiger partial charge in [0.05, 0.1) is 11.7 Å². The second-order valence-corrected chi connectivity index (χ2v) is 5.63. The summed E-state index contributed by atoms with van der Waals surface area (Å²) < 4.78 is 0. The standard InChI is InChI=1S/C16H18Cl2N2/c1-3-4-14(12-5-7-13(17)8-6-12)20-15-11(2)9-10-19-16(15)18/h5-10,14,20H,3-4H2,1-2H3. The predicted molar refractivity (Wildman–Crippen MR) is 86.7 cm³/mol. The van der Waals surface area contributed by atoms with Crippen LogP contribution in [-0.2, 0) is 0 Å². The molecule has 1 unspecified atom stereocenters. The molecular weight excluding hydrogens is 291 g/mol. The quantitative estimate of drug-likeness (QED) is 0.722. The molecule has 0 spiro atoms. The fraction of sp³-hybridized carbons (Fsp3) is 0.312. The summed E-state index contributed by atoms with van der Waals surface area (Å²) in [5.74, 6) is 0. The highest BCUT2D eigenvalue weighted by Crippen LogP contribution is 2.30. The fourth-order valence-electron chi connectivity index (χ4n) is 2.18. The summed E-state index contributed by atoms with van der Waals surface area (Å²) in [5, 5.41) is 4.78. The zero-order chi connectivity index (χ0) is 14.5. The van der Waals surface area contributed by atoms with Gasteiger partial charge in [0.25, 0.3) is 0 Å². The van der Waals surface area contributed by atoms with Crippen LogP contribution in [0, 0.1) is 6.92 Å². The van der Waals surface area contributed by atoms with Crippen LogP contribution in [0.15, 0.2) is 36.5 Å². The van der Waals surface area contributed by atoms with Crippen LogP contribution in [0.2, 0.25) is 10.2 Å². The largest absolute Gasteiger partial charge is 0.376 e. The Labute approximate surface area is 130 Å². The van der Waals surface area contributed by atoms with Gasteiger partial charge in [-0.25, -0.2) is 4.98 Å². The first kappa shape index (κ1) is 15.1. The number of pyridine rings is 1. The maximum Gasteiger partial charge on any atom is 0.152 e. The van der Waals surface area contributed by atoms with E-state index in [0.29, 0.717) is 5.15 Å². The highest BCUT2D eigenvalue weighted by Gasteiger charge is 2.14. The highest BCUT2D eigenvalue weighted by atomic mass is 35.5. The maximum atomic E-state index is 6.19. The molecule has 0 saturated carbocycles. The minimum atomic E-state index is 0.206. The number of hydrogen-bond donors (Lipinski definition) is 1. The van der Waals surface area contributed by atoms with Gasteiger partial charge in [-0.1, -0.05) is 48.7 Å². The highest BCUT2D eigenvalue weighted by molar-refractivity contribution is 6.32. The van der Waals surface area contributed by atoms with Gasteiger partial charge in [0.1, 0.15) is 0 Å². The van der Waals surface area contributed by atoms with E-state index in [2.05, 4.69) is 29.4 Å². The van der Waals surface area contributed by atoms with E-state index >= 15 is 0 Å². The van der Waals surface area contributed by atoms with Crippen LogP contribution in [0.3, 0.4) is 0 Å². The smallest absolute Gasteiger partial charge is 0.152 e. The Kier molecular flexibility index (Phi) is 5.27. The van der Waals surface area contributed by atoms with Crippen LogP contribution in [0.1, 0.15) is 36.9 Å². The number of nitrogens with one attached hydrogen (secondary N) is 1. The molecule has 2 nitrogen and oxygen atoms in total. The van der Waals surface area contributed by atoms with Crippen molar-refractivity contribution in [3.8, 4) is 0 Å². The summed E-state index contributed by atoms with van der Waals surface area (Å²) >= 11 is 12.1. The molecule has 1 aromatic carbocycles.